The maximum atomic E-state index is 12.2. The number of nitrogens with one attached hydrogen (secondary N) is 2. The molecule has 2 rings (SSSR count). The van der Waals surface area contributed by atoms with E-state index in [0.717, 1.165) is 5.56 Å². The van der Waals surface area contributed by atoms with E-state index in [4.69, 9.17) is 5.26 Å². The molecule has 0 saturated heterocycles. The first-order valence-electron chi connectivity index (χ1n) is 7.67. The number of anilines is 1. The molecule has 24 heavy (non-hydrogen) atoms. The number of amides is 2. The highest BCUT2D eigenvalue weighted by molar-refractivity contribution is 5.75. The Morgan fingerprint density at radius 1 is 1.29 bits per heavy atom. The predicted molar refractivity (Wildman–Crippen MR) is 90.7 cm³/mol. The molecule has 1 aromatic heterocycles. The summed E-state index contributed by atoms with van der Waals surface area (Å²) in [6, 6.07) is 12.9. The van der Waals surface area contributed by atoms with Gasteiger partial charge in [-0.3, -0.25) is 5.01 Å². The van der Waals surface area contributed by atoms with E-state index in [0.29, 0.717) is 24.8 Å². The van der Waals surface area contributed by atoms with Crippen LogP contribution in [0.2, 0.25) is 0 Å². The summed E-state index contributed by atoms with van der Waals surface area (Å²) in [4.78, 5) is 20.1. The number of nitrogens with zero attached hydrogens (tertiary/aromatic N) is 4. The van der Waals surface area contributed by atoms with Crippen molar-refractivity contribution in [1.82, 2.24) is 20.7 Å². The molecular formula is C17H20N6O. The van der Waals surface area contributed by atoms with Gasteiger partial charge in [-0.25, -0.2) is 15.2 Å². The quantitative estimate of drug-likeness (QED) is 0.795. The Bertz CT molecular complexity index is 711. The molecule has 0 radical (unpaired) electrons. The lowest BCUT2D eigenvalue weighted by Gasteiger charge is -2.26. The van der Waals surface area contributed by atoms with Crippen LogP contribution in [-0.2, 0) is 6.54 Å². The highest BCUT2D eigenvalue weighted by atomic mass is 16.2. The minimum atomic E-state index is -0.336. The molecule has 0 unspecified atom stereocenters. The first-order valence-corrected chi connectivity index (χ1v) is 7.67. The zero-order valence-electron chi connectivity index (χ0n) is 13.7. The van der Waals surface area contributed by atoms with E-state index in [1.165, 1.54) is 6.20 Å². The van der Waals surface area contributed by atoms with Gasteiger partial charge in [0.1, 0.15) is 6.07 Å². The van der Waals surface area contributed by atoms with Gasteiger partial charge in [0.15, 0.2) is 5.82 Å². The van der Waals surface area contributed by atoms with Crippen LogP contribution >= 0.6 is 0 Å². The van der Waals surface area contributed by atoms with Crippen molar-refractivity contribution in [3.05, 3.63) is 54.0 Å². The van der Waals surface area contributed by atoms with Crippen LogP contribution in [0.5, 0.6) is 0 Å². The number of urea groups is 1. The fourth-order valence-corrected chi connectivity index (χ4v) is 2.06. The molecule has 124 valence electrons. The van der Waals surface area contributed by atoms with Crippen molar-refractivity contribution in [1.29, 1.82) is 5.26 Å². The minimum absolute atomic E-state index is 0.0627. The summed E-state index contributed by atoms with van der Waals surface area (Å²) in [5, 5.41) is 13.3. The van der Waals surface area contributed by atoms with Crippen LogP contribution < -0.4 is 15.8 Å². The van der Waals surface area contributed by atoms with Gasteiger partial charge in [0.25, 0.3) is 0 Å². The van der Waals surface area contributed by atoms with Gasteiger partial charge in [0.05, 0.1) is 0 Å². The molecule has 2 N–H and O–H groups in total. The van der Waals surface area contributed by atoms with Gasteiger partial charge in [-0.2, -0.15) is 10.2 Å². The summed E-state index contributed by atoms with van der Waals surface area (Å²) in [6.45, 7) is 5.04. The van der Waals surface area contributed by atoms with Crippen LogP contribution in [0.15, 0.2) is 42.6 Å². The standard InChI is InChI=1S/C17H20N6O/c1-13(2)12-23(16-8-9-19-15(10-18)21-16)22-17(24)20-11-14-6-4-3-5-7-14/h3-9,13H,11-12H2,1-2H3,(H2,20,22,24). The molecular weight excluding hydrogens is 304 g/mol. The normalized spacial score (nSPS) is 10.1. The Labute approximate surface area is 141 Å². The van der Waals surface area contributed by atoms with Gasteiger partial charge >= 0.3 is 6.03 Å². The third kappa shape index (κ3) is 5.25. The summed E-state index contributed by atoms with van der Waals surface area (Å²) < 4.78 is 0. The average molecular weight is 324 g/mol. The van der Waals surface area contributed by atoms with Gasteiger partial charge in [0, 0.05) is 25.4 Å². The Morgan fingerprint density at radius 3 is 2.71 bits per heavy atom. The topological polar surface area (TPSA) is 93.9 Å². The van der Waals surface area contributed by atoms with Gasteiger partial charge in [-0.1, -0.05) is 44.2 Å². The number of hydrazine groups is 1. The second-order valence-electron chi connectivity index (χ2n) is 5.63. The van der Waals surface area contributed by atoms with Crippen molar-refractivity contribution in [2.45, 2.75) is 20.4 Å². The van der Waals surface area contributed by atoms with Crippen molar-refractivity contribution < 1.29 is 4.79 Å². The molecule has 0 aliphatic carbocycles. The van der Waals surface area contributed by atoms with E-state index in [1.807, 2.05) is 50.2 Å². The molecule has 1 aromatic carbocycles. The third-order valence-corrected chi connectivity index (χ3v) is 3.10. The molecule has 0 atom stereocenters. The second-order valence-corrected chi connectivity index (χ2v) is 5.63. The van der Waals surface area contributed by atoms with Crippen molar-refractivity contribution in [2.75, 3.05) is 11.6 Å². The highest BCUT2D eigenvalue weighted by Gasteiger charge is 2.14. The fourth-order valence-electron chi connectivity index (χ4n) is 2.06. The van der Waals surface area contributed by atoms with Crippen LogP contribution in [0, 0.1) is 17.2 Å². The molecule has 0 aliphatic rings. The Balaban J connectivity index is 2.02. The molecule has 1 heterocycles. The SMILES string of the molecule is CC(C)CN(NC(=O)NCc1ccccc1)c1ccnc(C#N)n1. The van der Waals surface area contributed by atoms with Crippen LogP contribution in [0.25, 0.3) is 0 Å². The molecule has 2 aromatic rings. The first-order chi connectivity index (χ1) is 11.6. The van der Waals surface area contributed by atoms with E-state index < -0.39 is 0 Å². The van der Waals surface area contributed by atoms with Gasteiger partial charge in [0.2, 0.25) is 5.82 Å². The van der Waals surface area contributed by atoms with Gasteiger partial charge in [-0.05, 0) is 11.5 Å². The molecule has 0 bridgehead atoms. The second kappa shape index (κ2) is 8.48. The number of nitriles is 1. The van der Waals surface area contributed by atoms with Crippen LogP contribution in [-0.4, -0.2) is 22.5 Å². The summed E-state index contributed by atoms with van der Waals surface area (Å²) in [6.07, 6.45) is 1.50. The maximum Gasteiger partial charge on any atom is 0.333 e. The lowest BCUT2D eigenvalue weighted by Crippen LogP contribution is -2.49. The molecule has 7 heteroatoms. The van der Waals surface area contributed by atoms with Crippen LogP contribution in [0.4, 0.5) is 10.6 Å². The largest absolute Gasteiger partial charge is 0.333 e. The fraction of sp³-hybridized carbons (Fsp3) is 0.294. The van der Waals surface area contributed by atoms with E-state index in [1.54, 1.807) is 11.1 Å². The number of benzene rings is 1. The van der Waals surface area contributed by atoms with E-state index >= 15 is 0 Å². The lowest BCUT2D eigenvalue weighted by molar-refractivity contribution is 0.239. The minimum Gasteiger partial charge on any atom is -0.333 e. The van der Waals surface area contributed by atoms with Crippen LogP contribution in [0.3, 0.4) is 0 Å². The van der Waals surface area contributed by atoms with Crippen molar-refractivity contribution in [3.8, 4) is 6.07 Å². The van der Waals surface area contributed by atoms with Gasteiger partial charge < -0.3 is 5.32 Å². The van der Waals surface area contributed by atoms with E-state index in [2.05, 4.69) is 20.7 Å². The number of hydrogen-bond acceptors (Lipinski definition) is 5. The number of aromatic nitrogens is 2. The highest BCUT2D eigenvalue weighted by Crippen LogP contribution is 2.10. The number of rotatable bonds is 6. The first kappa shape index (κ1) is 17.2. The summed E-state index contributed by atoms with van der Waals surface area (Å²) in [5.41, 5.74) is 3.78. The van der Waals surface area contributed by atoms with Crippen molar-refractivity contribution >= 4 is 11.8 Å². The smallest absolute Gasteiger partial charge is 0.333 e. The van der Waals surface area contributed by atoms with Crippen LogP contribution in [0.1, 0.15) is 25.2 Å². The van der Waals surface area contributed by atoms with E-state index in [-0.39, 0.29) is 11.9 Å². The molecule has 7 nitrogen and oxygen atoms in total. The molecule has 2 amide bonds. The van der Waals surface area contributed by atoms with Crippen molar-refractivity contribution in [3.63, 3.8) is 0 Å². The Hall–Kier alpha value is -3.14. The van der Waals surface area contributed by atoms with E-state index in [9.17, 15) is 4.79 Å². The Morgan fingerprint density at radius 2 is 2.04 bits per heavy atom. The monoisotopic (exact) mass is 324 g/mol. The maximum absolute atomic E-state index is 12.2. The van der Waals surface area contributed by atoms with Crippen molar-refractivity contribution in [2.24, 2.45) is 5.92 Å². The summed E-state index contributed by atoms with van der Waals surface area (Å²) in [5.74, 6) is 0.831. The average Bonchev–Trinajstić information content (AvgIpc) is 2.60. The zero-order valence-corrected chi connectivity index (χ0v) is 13.7. The number of carbonyl (C=O) groups is 1. The molecule has 0 saturated carbocycles. The molecule has 0 spiro atoms. The number of hydrogen-bond donors (Lipinski definition) is 2. The predicted octanol–water partition coefficient (Wildman–Crippen LogP) is 2.23. The lowest BCUT2D eigenvalue weighted by atomic mass is 10.2. The summed E-state index contributed by atoms with van der Waals surface area (Å²) >= 11 is 0. The Kier molecular flexibility index (Phi) is 6.08. The zero-order chi connectivity index (χ0) is 17.4. The molecule has 0 aliphatic heterocycles. The number of carbonyl (C=O) groups excluding carboxylic acids is 1. The summed E-state index contributed by atoms with van der Waals surface area (Å²) in [7, 11) is 0. The molecule has 0 fully saturated rings. The van der Waals surface area contributed by atoms with Gasteiger partial charge in [-0.15, -0.1) is 0 Å². The third-order valence-electron chi connectivity index (χ3n) is 3.10.